The van der Waals surface area contributed by atoms with Crippen molar-refractivity contribution in [3.8, 4) is 5.75 Å². The molecule has 37 heavy (non-hydrogen) atoms. The fraction of sp³-hybridized carbons (Fsp3) is 0.536. The van der Waals surface area contributed by atoms with E-state index in [2.05, 4.69) is 22.5 Å². The number of benzene rings is 1. The van der Waals surface area contributed by atoms with Crippen molar-refractivity contribution in [3.05, 3.63) is 53.9 Å². The smallest absolute Gasteiger partial charge is 0.258 e. The van der Waals surface area contributed by atoms with Gasteiger partial charge in [0, 0.05) is 49.3 Å². The normalized spacial score (nSPS) is 22.4. The van der Waals surface area contributed by atoms with E-state index in [0.29, 0.717) is 42.3 Å². The van der Waals surface area contributed by atoms with E-state index in [4.69, 9.17) is 9.47 Å². The van der Waals surface area contributed by atoms with Crippen molar-refractivity contribution in [1.29, 1.82) is 0 Å². The zero-order valence-corrected chi connectivity index (χ0v) is 22.3. The van der Waals surface area contributed by atoms with Gasteiger partial charge in [0.15, 0.2) is 0 Å². The highest BCUT2D eigenvalue weighted by atomic mass is 16.5. The SMILES string of the molecule is CNC[C@H]1OCCCC[C@H](C)Oc2ccc(NC(=O)c3ccncc3)cc2C(=O)N([C@@H](C)CO)C[C@@H]1C. The Hall–Kier alpha value is -3.01. The van der Waals surface area contributed by atoms with Gasteiger partial charge in [-0.05, 0) is 70.5 Å². The number of hydrogen-bond donors (Lipinski definition) is 3. The minimum absolute atomic E-state index is 0.0196. The van der Waals surface area contributed by atoms with Crippen LogP contribution in [0.4, 0.5) is 5.69 Å². The Balaban J connectivity index is 1.97. The van der Waals surface area contributed by atoms with Crippen LogP contribution in [-0.2, 0) is 4.74 Å². The fourth-order valence-corrected chi connectivity index (χ4v) is 4.40. The van der Waals surface area contributed by atoms with Crippen LogP contribution in [0.2, 0.25) is 0 Å². The molecule has 2 aromatic rings. The first-order valence-corrected chi connectivity index (χ1v) is 13.0. The topological polar surface area (TPSA) is 113 Å². The number of fused-ring (bicyclic) bond motifs is 1. The number of aliphatic hydroxyl groups excluding tert-OH is 1. The van der Waals surface area contributed by atoms with Gasteiger partial charge < -0.3 is 30.1 Å². The molecule has 202 valence electrons. The Morgan fingerprint density at radius 3 is 2.68 bits per heavy atom. The number of pyridine rings is 1. The van der Waals surface area contributed by atoms with Crippen molar-refractivity contribution in [1.82, 2.24) is 15.2 Å². The lowest BCUT2D eigenvalue weighted by atomic mass is 10.0. The highest BCUT2D eigenvalue weighted by Crippen LogP contribution is 2.28. The first kappa shape index (κ1) is 28.6. The van der Waals surface area contributed by atoms with E-state index in [1.807, 2.05) is 20.9 Å². The summed E-state index contributed by atoms with van der Waals surface area (Å²) in [5, 5.41) is 16.0. The molecule has 0 saturated carbocycles. The van der Waals surface area contributed by atoms with Crippen molar-refractivity contribution < 1.29 is 24.2 Å². The molecular weight excluding hydrogens is 472 g/mol. The second kappa shape index (κ2) is 14.1. The van der Waals surface area contributed by atoms with Crippen LogP contribution >= 0.6 is 0 Å². The number of anilines is 1. The Kier molecular flexibility index (Phi) is 10.9. The van der Waals surface area contributed by atoms with Crippen molar-refractivity contribution in [2.75, 3.05) is 38.7 Å². The van der Waals surface area contributed by atoms with Crippen LogP contribution in [0.1, 0.15) is 60.7 Å². The molecule has 0 spiro atoms. The lowest BCUT2D eigenvalue weighted by molar-refractivity contribution is -0.000452. The Morgan fingerprint density at radius 2 is 1.97 bits per heavy atom. The molecule has 4 atom stereocenters. The average molecular weight is 513 g/mol. The molecule has 3 N–H and O–H groups in total. The minimum Gasteiger partial charge on any atom is -0.490 e. The molecule has 0 fully saturated rings. The van der Waals surface area contributed by atoms with Crippen molar-refractivity contribution in [2.45, 2.75) is 58.3 Å². The van der Waals surface area contributed by atoms with Crippen LogP contribution in [-0.4, -0.2) is 78.4 Å². The molecule has 0 aliphatic carbocycles. The van der Waals surface area contributed by atoms with E-state index >= 15 is 0 Å². The number of nitrogens with one attached hydrogen (secondary N) is 2. The number of rotatable bonds is 6. The molecule has 1 aliphatic heterocycles. The van der Waals surface area contributed by atoms with E-state index in [1.54, 1.807) is 47.6 Å². The first-order chi connectivity index (χ1) is 17.8. The number of hydrogen-bond acceptors (Lipinski definition) is 7. The number of carbonyl (C=O) groups is 2. The largest absolute Gasteiger partial charge is 0.490 e. The Morgan fingerprint density at radius 1 is 1.22 bits per heavy atom. The molecule has 0 radical (unpaired) electrons. The number of aromatic nitrogens is 1. The molecular formula is C28H40N4O5. The number of ether oxygens (including phenoxy) is 2. The fourth-order valence-electron chi connectivity index (χ4n) is 4.40. The monoisotopic (exact) mass is 512 g/mol. The van der Waals surface area contributed by atoms with E-state index < -0.39 is 6.04 Å². The van der Waals surface area contributed by atoms with Crippen molar-refractivity contribution >= 4 is 17.5 Å². The number of carbonyl (C=O) groups excluding carboxylic acids is 2. The summed E-state index contributed by atoms with van der Waals surface area (Å²) >= 11 is 0. The molecule has 9 nitrogen and oxygen atoms in total. The van der Waals surface area contributed by atoms with Gasteiger partial charge in [0.05, 0.1) is 30.4 Å². The number of amides is 2. The lowest BCUT2D eigenvalue weighted by Crippen LogP contribution is -2.47. The third kappa shape index (κ3) is 7.99. The van der Waals surface area contributed by atoms with Gasteiger partial charge in [-0.1, -0.05) is 6.92 Å². The zero-order valence-electron chi connectivity index (χ0n) is 22.3. The summed E-state index contributed by atoms with van der Waals surface area (Å²) in [5.41, 5.74) is 1.29. The number of aliphatic hydroxyl groups is 1. The van der Waals surface area contributed by atoms with Gasteiger partial charge >= 0.3 is 0 Å². The van der Waals surface area contributed by atoms with E-state index in [9.17, 15) is 14.7 Å². The van der Waals surface area contributed by atoms with Crippen LogP contribution in [0.3, 0.4) is 0 Å². The van der Waals surface area contributed by atoms with Gasteiger partial charge in [0.25, 0.3) is 11.8 Å². The van der Waals surface area contributed by atoms with Crippen LogP contribution in [0, 0.1) is 5.92 Å². The summed E-state index contributed by atoms with van der Waals surface area (Å²) in [5.74, 6) is -0.0874. The summed E-state index contributed by atoms with van der Waals surface area (Å²) in [6, 6.07) is 7.95. The highest BCUT2D eigenvalue weighted by Gasteiger charge is 2.29. The average Bonchev–Trinajstić information content (AvgIpc) is 2.90. The molecule has 2 amide bonds. The molecule has 1 aromatic carbocycles. The highest BCUT2D eigenvalue weighted by molar-refractivity contribution is 6.05. The summed E-state index contributed by atoms with van der Waals surface area (Å²) in [7, 11) is 1.89. The second-order valence-corrected chi connectivity index (χ2v) is 9.76. The van der Waals surface area contributed by atoms with Gasteiger partial charge in [-0.3, -0.25) is 14.6 Å². The molecule has 1 aromatic heterocycles. The second-order valence-electron chi connectivity index (χ2n) is 9.76. The predicted molar refractivity (Wildman–Crippen MR) is 143 cm³/mol. The number of nitrogens with zero attached hydrogens (tertiary/aromatic N) is 2. The zero-order chi connectivity index (χ0) is 26.8. The predicted octanol–water partition coefficient (Wildman–Crippen LogP) is 3.35. The van der Waals surface area contributed by atoms with Crippen LogP contribution in [0.25, 0.3) is 0 Å². The molecule has 0 unspecified atom stereocenters. The number of likely N-dealkylation sites (N-methyl/N-ethyl adjacent to an activating group) is 1. The quantitative estimate of drug-likeness (QED) is 0.544. The van der Waals surface area contributed by atoms with Crippen LogP contribution < -0.4 is 15.4 Å². The van der Waals surface area contributed by atoms with E-state index in [1.165, 1.54) is 0 Å². The maximum atomic E-state index is 14.0. The standard InChI is InChI=1S/C28H40N4O5/c1-19-17-32(20(2)18-33)28(35)24-15-23(31-27(34)22-10-12-30-13-11-22)8-9-25(24)37-21(3)7-5-6-14-36-26(19)16-29-4/h8-13,15,19-21,26,29,33H,5-7,14,16-18H2,1-4H3,(H,31,34)/t19-,20-,21-,26+/m0/s1. The minimum atomic E-state index is -0.418. The summed E-state index contributed by atoms with van der Waals surface area (Å²) < 4.78 is 12.4. The van der Waals surface area contributed by atoms with Gasteiger partial charge in [-0.15, -0.1) is 0 Å². The molecule has 0 bridgehead atoms. The molecule has 0 saturated heterocycles. The third-order valence-corrected chi connectivity index (χ3v) is 6.66. The molecule has 9 heteroatoms. The lowest BCUT2D eigenvalue weighted by Gasteiger charge is -2.34. The molecule has 2 heterocycles. The third-order valence-electron chi connectivity index (χ3n) is 6.66. The van der Waals surface area contributed by atoms with E-state index in [-0.39, 0.29) is 36.5 Å². The van der Waals surface area contributed by atoms with Gasteiger partial charge in [0.2, 0.25) is 0 Å². The summed E-state index contributed by atoms with van der Waals surface area (Å²) in [4.78, 5) is 32.3. The molecule has 3 rings (SSSR count). The van der Waals surface area contributed by atoms with Crippen molar-refractivity contribution in [2.24, 2.45) is 5.92 Å². The van der Waals surface area contributed by atoms with Crippen LogP contribution in [0.15, 0.2) is 42.7 Å². The Bertz CT molecular complexity index is 1020. The maximum Gasteiger partial charge on any atom is 0.258 e. The maximum absolute atomic E-state index is 14.0. The van der Waals surface area contributed by atoms with Gasteiger partial charge in [-0.2, -0.15) is 0 Å². The van der Waals surface area contributed by atoms with Crippen LogP contribution in [0.5, 0.6) is 5.75 Å². The first-order valence-electron chi connectivity index (χ1n) is 13.0. The van der Waals surface area contributed by atoms with Crippen molar-refractivity contribution in [3.63, 3.8) is 0 Å². The summed E-state index contributed by atoms with van der Waals surface area (Å²) in [6.45, 7) is 7.39. The summed E-state index contributed by atoms with van der Waals surface area (Å²) in [6.07, 6.45) is 5.60. The van der Waals surface area contributed by atoms with E-state index in [0.717, 1.165) is 19.3 Å². The van der Waals surface area contributed by atoms with Gasteiger partial charge in [-0.25, -0.2) is 0 Å². The van der Waals surface area contributed by atoms with Gasteiger partial charge in [0.1, 0.15) is 5.75 Å². The molecule has 1 aliphatic rings. The Labute approximate surface area is 219 Å².